The topological polar surface area (TPSA) is 71.3 Å². The molecule has 13 heavy (non-hydrogen) atoms. The summed E-state index contributed by atoms with van der Waals surface area (Å²) in [6.07, 6.45) is 1.41. The second-order valence-electron chi connectivity index (χ2n) is 2.49. The first-order chi connectivity index (χ1) is 6.27. The number of phenolic OH excluding ortho intramolecular Hbond substituents is 1. The number of phenols is 1. The fourth-order valence-corrected chi connectivity index (χ4v) is 1.01. The van der Waals surface area contributed by atoms with Crippen molar-refractivity contribution in [1.29, 1.82) is 0 Å². The van der Waals surface area contributed by atoms with Crippen molar-refractivity contribution >= 4 is 12.0 Å². The molecule has 6 nitrogen and oxygen atoms in total. The molecule has 0 fully saturated rings. The van der Waals surface area contributed by atoms with E-state index in [0.29, 0.717) is 5.69 Å². The summed E-state index contributed by atoms with van der Waals surface area (Å²) < 4.78 is 0. The molecule has 2 rings (SSSR count). The molecule has 0 atom stereocenters. The van der Waals surface area contributed by atoms with Gasteiger partial charge in [-0.2, -0.15) is 5.53 Å². The molecule has 0 spiro atoms. The molecule has 0 saturated carbocycles. The fraction of sp³-hybridized carbons (Fsp3) is 0. The van der Waals surface area contributed by atoms with Crippen molar-refractivity contribution in [2.75, 3.05) is 5.01 Å². The zero-order valence-electron chi connectivity index (χ0n) is 6.62. The zero-order chi connectivity index (χ0) is 9.26. The monoisotopic (exact) mass is 180 g/mol. The lowest BCUT2D eigenvalue weighted by Gasteiger charge is -2.19. The van der Waals surface area contributed by atoms with E-state index in [4.69, 9.17) is 5.11 Å². The molecule has 3 N–H and O–H groups in total. The fourth-order valence-electron chi connectivity index (χ4n) is 1.01. The van der Waals surface area contributed by atoms with E-state index in [9.17, 15) is 5.21 Å². The SMILES string of the molecule is Oc1ccc(N2C=NNN2O)cc1. The lowest BCUT2D eigenvalue weighted by atomic mass is 10.3. The van der Waals surface area contributed by atoms with Crippen molar-refractivity contribution in [2.24, 2.45) is 5.10 Å². The summed E-state index contributed by atoms with van der Waals surface area (Å²) in [4.78, 5) is 0. The maximum absolute atomic E-state index is 9.17. The molecule has 1 aliphatic rings. The molecule has 0 saturated heterocycles. The smallest absolute Gasteiger partial charge is 0.136 e. The van der Waals surface area contributed by atoms with Crippen LogP contribution in [-0.4, -0.2) is 21.9 Å². The zero-order valence-corrected chi connectivity index (χ0v) is 6.62. The molecule has 0 bridgehead atoms. The van der Waals surface area contributed by atoms with Gasteiger partial charge in [0, 0.05) is 5.28 Å². The molecule has 0 aliphatic carbocycles. The van der Waals surface area contributed by atoms with E-state index in [1.54, 1.807) is 12.1 Å². The number of hydrazone groups is 1. The number of hydrogen-bond acceptors (Lipinski definition) is 6. The Morgan fingerprint density at radius 1 is 1.23 bits per heavy atom. The minimum atomic E-state index is 0.178. The van der Waals surface area contributed by atoms with Gasteiger partial charge in [0.1, 0.15) is 12.1 Å². The van der Waals surface area contributed by atoms with E-state index in [0.717, 1.165) is 5.28 Å². The van der Waals surface area contributed by atoms with Crippen LogP contribution in [0.15, 0.2) is 29.4 Å². The van der Waals surface area contributed by atoms with Crippen LogP contribution in [0, 0.1) is 0 Å². The summed E-state index contributed by atoms with van der Waals surface area (Å²) in [5, 5.41) is 23.9. The van der Waals surface area contributed by atoms with Crippen LogP contribution < -0.4 is 10.5 Å². The Bertz CT molecular complexity index is 324. The van der Waals surface area contributed by atoms with Crippen LogP contribution in [0.4, 0.5) is 5.69 Å². The first kappa shape index (κ1) is 7.84. The summed E-state index contributed by atoms with van der Waals surface area (Å²) in [6.45, 7) is 0. The quantitative estimate of drug-likeness (QED) is 0.578. The van der Waals surface area contributed by atoms with E-state index < -0.39 is 0 Å². The Morgan fingerprint density at radius 2 is 1.92 bits per heavy atom. The molecular weight excluding hydrogens is 172 g/mol. The minimum Gasteiger partial charge on any atom is -0.508 e. The Labute approximate surface area is 74.2 Å². The van der Waals surface area contributed by atoms with E-state index in [1.165, 1.54) is 23.5 Å². The summed E-state index contributed by atoms with van der Waals surface area (Å²) in [5.74, 6) is 0.178. The highest BCUT2D eigenvalue weighted by atomic mass is 16.6. The van der Waals surface area contributed by atoms with Crippen LogP contribution in [0.1, 0.15) is 0 Å². The summed E-state index contributed by atoms with van der Waals surface area (Å²) >= 11 is 0. The number of aromatic hydroxyl groups is 1. The van der Waals surface area contributed by atoms with Gasteiger partial charge in [-0.1, -0.05) is 0 Å². The molecule has 1 aromatic rings. The Balaban J connectivity index is 2.25. The van der Waals surface area contributed by atoms with Crippen molar-refractivity contribution in [1.82, 2.24) is 10.8 Å². The average molecular weight is 180 g/mol. The number of rotatable bonds is 1. The largest absolute Gasteiger partial charge is 0.508 e. The Hall–Kier alpha value is -1.79. The number of anilines is 1. The Morgan fingerprint density at radius 3 is 2.46 bits per heavy atom. The normalized spacial score (nSPS) is 16.2. The van der Waals surface area contributed by atoms with Crippen LogP contribution in [0.3, 0.4) is 0 Å². The van der Waals surface area contributed by atoms with Gasteiger partial charge in [0.05, 0.1) is 5.69 Å². The van der Waals surface area contributed by atoms with Gasteiger partial charge in [-0.15, -0.1) is 5.10 Å². The van der Waals surface area contributed by atoms with E-state index >= 15 is 0 Å². The maximum Gasteiger partial charge on any atom is 0.136 e. The predicted molar refractivity (Wildman–Crippen MR) is 45.8 cm³/mol. The number of benzene rings is 1. The van der Waals surface area contributed by atoms with E-state index in [-0.39, 0.29) is 5.75 Å². The van der Waals surface area contributed by atoms with Crippen LogP contribution >= 0.6 is 0 Å². The third-order valence-corrected chi connectivity index (χ3v) is 1.63. The Kier molecular flexibility index (Phi) is 1.76. The summed E-state index contributed by atoms with van der Waals surface area (Å²) in [7, 11) is 0. The number of nitrogens with zero attached hydrogens (tertiary/aromatic N) is 3. The first-order valence-electron chi connectivity index (χ1n) is 3.63. The molecule has 1 aromatic carbocycles. The molecule has 0 amide bonds. The molecule has 0 radical (unpaired) electrons. The van der Waals surface area contributed by atoms with Crippen molar-refractivity contribution in [2.45, 2.75) is 0 Å². The van der Waals surface area contributed by atoms with Crippen molar-refractivity contribution < 1.29 is 10.3 Å². The van der Waals surface area contributed by atoms with Gasteiger partial charge in [0.2, 0.25) is 0 Å². The third kappa shape index (κ3) is 1.40. The molecular formula is C7H8N4O2. The van der Waals surface area contributed by atoms with Gasteiger partial charge in [-0.25, -0.2) is 5.01 Å². The molecule has 68 valence electrons. The lowest BCUT2D eigenvalue weighted by Crippen LogP contribution is -2.40. The predicted octanol–water partition coefficient (Wildman–Crippen LogP) is 0.266. The highest BCUT2D eigenvalue weighted by molar-refractivity contribution is 5.78. The van der Waals surface area contributed by atoms with E-state index in [2.05, 4.69) is 10.6 Å². The van der Waals surface area contributed by atoms with Crippen molar-refractivity contribution in [3.8, 4) is 5.75 Å². The molecule has 0 aromatic heterocycles. The number of nitrogens with one attached hydrogen (secondary N) is 1. The summed E-state index contributed by atoms with van der Waals surface area (Å²) in [6, 6.07) is 6.35. The molecule has 6 heteroatoms. The van der Waals surface area contributed by atoms with Gasteiger partial charge in [-0.05, 0) is 24.3 Å². The molecule has 1 aliphatic heterocycles. The minimum absolute atomic E-state index is 0.178. The number of hydrogen-bond donors (Lipinski definition) is 3. The van der Waals surface area contributed by atoms with Crippen LogP contribution in [0.2, 0.25) is 0 Å². The molecule has 0 unspecified atom stereocenters. The lowest BCUT2D eigenvalue weighted by molar-refractivity contribution is -0.124. The van der Waals surface area contributed by atoms with Gasteiger partial charge in [0.25, 0.3) is 0 Å². The maximum atomic E-state index is 9.17. The highest BCUT2D eigenvalue weighted by Gasteiger charge is 2.15. The average Bonchev–Trinajstić information content (AvgIpc) is 2.53. The van der Waals surface area contributed by atoms with Gasteiger partial charge in [0.15, 0.2) is 0 Å². The van der Waals surface area contributed by atoms with Gasteiger partial charge < -0.3 is 5.11 Å². The third-order valence-electron chi connectivity index (χ3n) is 1.63. The summed E-state index contributed by atoms with van der Waals surface area (Å²) in [5.41, 5.74) is 2.99. The van der Waals surface area contributed by atoms with Crippen molar-refractivity contribution in [3.05, 3.63) is 24.3 Å². The first-order valence-corrected chi connectivity index (χ1v) is 3.63. The van der Waals surface area contributed by atoms with Crippen LogP contribution in [0.5, 0.6) is 5.75 Å². The standard InChI is InChI=1S/C7H8N4O2/c12-7-3-1-6(2-4-7)10-5-8-9-11(10)13/h1-5,9,12-13H. The van der Waals surface area contributed by atoms with Crippen LogP contribution in [0.25, 0.3) is 0 Å². The van der Waals surface area contributed by atoms with Crippen molar-refractivity contribution in [3.63, 3.8) is 0 Å². The highest BCUT2D eigenvalue weighted by Crippen LogP contribution is 2.18. The van der Waals surface area contributed by atoms with Gasteiger partial charge >= 0.3 is 0 Å². The number of hydrazine groups is 2. The van der Waals surface area contributed by atoms with E-state index in [1.807, 2.05) is 0 Å². The van der Waals surface area contributed by atoms with Crippen LogP contribution in [-0.2, 0) is 0 Å². The molecule has 1 heterocycles. The second kappa shape index (κ2) is 2.92. The van der Waals surface area contributed by atoms with Gasteiger partial charge in [-0.3, -0.25) is 5.21 Å². The second-order valence-corrected chi connectivity index (χ2v) is 2.49.